The Bertz CT molecular complexity index is 702. The van der Waals surface area contributed by atoms with Crippen molar-refractivity contribution in [3.05, 3.63) is 34.1 Å². The van der Waals surface area contributed by atoms with E-state index in [1.54, 1.807) is 13.8 Å². The first kappa shape index (κ1) is 18.6. The van der Waals surface area contributed by atoms with E-state index < -0.39 is 26.5 Å². The highest BCUT2D eigenvalue weighted by molar-refractivity contribution is 7.89. The number of sulfonamides is 1. The first-order valence-corrected chi connectivity index (χ1v) is 9.11. The summed E-state index contributed by atoms with van der Waals surface area (Å²) in [6, 6.07) is 3.09. The summed E-state index contributed by atoms with van der Waals surface area (Å²) in [5, 5.41) is 13.6. The second kappa shape index (κ2) is 7.41. The van der Waals surface area contributed by atoms with Crippen molar-refractivity contribution in [3.63, 3.8) is 0 Å². The Balaban J connectivity index is 2.00. The zero-order valence-electron chi connectivity index (χ0n) is 13.4. The molecule has 1 aromatic rings. The maximum absolute atomic E-state index is 13.1. The zero-order chi connectivity index (χ0) is 17.9. The van der Waals surface area contributed by atoms with E-state index in [1.165, 1.54) is 10.4 Å². The standard InChI is InChI=1S/C14H20FN3O5S/c1-10-8-17(9-11(2)23-10)24(21,22)6-5-16-13-4-3-12(15)7-14(13)18(19)20/h3-4,7,10-11,16H,5-6,8-9H2,1-2H3/t10-,11-/m1/s1. The van der Waals surface area contributed by atoms with Gasteiger partial charge in [0.05, 0.1) is 29.0 Å². The molecule has 8 nitrogen and oxygen atoms in total. The van der Waals surface area contributed by atoms with Crippen molar-refractivity contribution in [2.45, 2.75) is 26.1 Å². The predicted molar refractivity (Wildman–Crippen MR) is 86.9 cm³/mol. The van der Waals surface area contributed by atoms with E-state index in [4.69, 9.17) is 4.74 Å². The minimum atomic E-state index is -3.51. The van der Waals surface area contributed by atoms with Crippen LogP contribution in [0, 0.1) is 15.9 Å². The smallest absolute Gasteiger partial charge is 0.295 e. The van der Waals surface area contributed by atoms with Gasteiger partial charge >= 0.3 is 0 Å². The molecular formula is C14H20FN3O5S. The molecule has 0 spiro atoms. The maximum Gasteiger partial charge on any atom is 0.295 e. The second-order valence-electron chi connectivity index (χ2n) is 5.74. The summed E-state index contributed by atoms with van der Waals surface area (Å²) in [4.78, 5) is 10.2. The molecule has 1 heterocycles. The molecular weight excluding hydrogens is 341 g/mol. The fraction of sp³-hybridized carbons (Fsp3) is 0.571. The van der Waals surface area contributed by atoms with Crippen molar-refractivity contribution >= 4 is 21.4 Å². The topological polar surface area (TPSA) is 102 Å². The quantitative estimate of drug-likeness (QED) is 0.610. The highest BCUT2D eigenvalue weighted by Crippen LogP contribution is 2.25. The summed E-state index contributed by atoms with van der Waals surface area (Å²) in [6.07, 6.45) is -0.371. The highest BCUT2D eigenvalue weighted by Gasteiger charge is 2.30. The van der Waals surface area contributed by atoms with Gasteiger partial charge in [0, 0.05) is 19.6 Å². The van der Waals surface area contributed by atoms with Crippen molar-refractivity contribution < 1.29 is 22.5 Å². The Morgan fingerprint density at radius 3 is 2.58 bits per heavy atom. The lowest BCUT2D eigenvalue weighted by Crippen LogP contribution is -2.49. The molecule has 0 aliphatic carbocycles. The number of rotatable bonds is 6. The van der Waals surface area contributed by atoms with Crippen LogP contribution in [-0.4, -0.2) is 55.2 Å². The SMILES string of the molecule is C[C@@H]1CN(S(=O)(=O)CCNc2ccc(F)cc2[N+](=O)[O-])C[C@@H](C)O1. The van der Waals surface area contributed by atoms with E-state index in [1.807, 2.05) is 0 Å². The minimum absolute atomic E-state index is 0.0189. The van der Waals surface area contributed by atoms with Gasteiger partial charge in [-0.05, 0) is 26.0 Å². The van der Waals surface area contributed by atoms with E-state index in [-0.39, 0.29) is 43.3 Å². The molecule has 1 aliphatic heterocycles. The minimum Gasteiger partial charge on any atom is -0.378 e. The molecule has 1 aliphatic rings. The first-order chi connectivity index (χ1) is 11.2. The normalized spacial score (nSPS) is 22.3. The van der Waals surface area contributed by atoms with Crippen LogP contribution in [0.1, 0.15) is 13.8 Å². The van der Waals surface area contributed by atoms with Gasteiger partial charge in [-0.1, -0.05) is 0 Å². The van der Waals surface area contributed by atoms with Crippen LogP contribution in [-0.2, 0) is 14.8 Å². The average Bonchev–Trinajstić information content (AvgIpc) is 2.47. The summed E-state index contributed by atoms with van der Waals surface area (Å²) in [7, 11) is -3.51. The maximum atomic E-state index is 13.1. The lowest BCUT2D eigenvalue weighted by atomic mass is 10.2. The van der Waals surface area contributed by atoms with Crippen LogP contribution in [0.15, 0.2) is 18.2 Å². The zero-order valence-corrected chi connectivity index (χ0v) is 14.3. The highest BCUT2D eigenvalue weighted by atomic mass is 32.2. The third kappa shape index (κ3) is 4.62. The van der Waals surface area contributed by atoms with Gasteiger partial charge in [-0.25, -0.2) is 12.8 Å². The molecule has 1 aromatic carbocycles. The van der Waals surface area contributed by atoms with Gasteiger partial charge in [0.2, 0.25) is 10.0 Å². The van der Waals surface area contributed by atoms with Crippen LogP contribution in [0.3, 0.4) is 0 Å². The van der Waals surface area contributed by atoms with Crippen LogP contribution < -0.4 is 5.32 Å². The first-order valence-electron chi connectivity index (χ1n) is 7.50. The molecule has 0 unspecified atom stereocenters. The monoisotopic (exact) mass is 361 g/mol. The Kier molecular flexibility index (Phi) is 5.73. The van der Waals surface area contributed by atoms with Gasteiger partial charge in [-0.15, -0.1) is 0 Å². The molecule has 10 heteroatoms. The number of benzene rings is 1. The summed E-state index contributed by atoms with van der Waals surface area (Å²) in [5.74, 6) is -0.947. The molecule has 134 valence electrons. The van der Waals surface area contributed by atoms with Crippen molar-refractivity contribution in [1.29, 1.82) is 0 Å². The van der Waals surface area contributed by atoms with Crippen LogP contribution in [0.25, 0.3) is 0 Å². The third-order valence-corrected chi connectivity index (χ3v) is 5.42. The molecule has 2 atom stereocenters. The number of ether oxygens (including phenoxy) is 1. The van der Waals surface area contributed by atoms with E-state index in [9.17, 15) is 22.9 Å². The average molecular weight is 361 g/mol. The predicted octanol–water partition coefficient (Wildman–Crippen LogP) is 1.58. The van der Waals surface area contributed by atoms with Gasteiger partial charge in [0.1, 0.15) is 11.5 Å². The lowest BCUT2D eigenvalue weighted by molar-refractivity contribution is -0.384. The number of hydrogen-bond donors (Lipinski definition) is 1. The molecule has 1 N–H and O–H groups in total. The fourth-order valence-corrected chi connectivity index (χ4v) is 4.10. The summed E-state index contributed by atoms with van der Waals surface area (Å²) in [5.41, 5.74) is -0.346. The summed E-state index contributed by atoms with van der Waals surface area (Å²) >= 11 is 0. The number of halogens is 1. The number of nitrogens with zero attached hydrogens (tertiary/aromatic N) is 2. The van der Waals surface area contributed by atoms with Gasteiger partial charge in [0.15, 0.2) is 0 Å². The number of anilines is 1. The van der Waals surface area contributed by atoms with E-state index in [0.29, 0.717) is 0 Å². The molecule has 24 heavy (non-hydrogen) atoms. The van der Waals surface area contributed by atoms with Crippen LogP contribution >= 0.6 is 0 Å². The summed E-state index contributed by atoms with van der Waals surface area (Å²) < 4.78 is 44.7. The fourth-order valence-electron chi connectivity index (χ4n) is 2.61. The number of nitrogens with one attached hydrogen (secondary N) is 1. The third-order valence-electron chi connectivity index (χ3n) is 3.61. The number of nitro groups is 1. The van der Waals surface area contributed by atoms with Crippen molar-refractivity contribution in [1.82, 2.24) is 4.31 Å². The van der Waals surface area contributed by atoms with Gasteiger partial charge in [0.25, 0.3) is 5.69 Å². The van der Waals surface area contributed by atoms with Crippen LogP contribution in [0.5, 0.6) is 0 Å². The number of hydrogen-bond acceptors (Lipinski definition) is 6. The van der Waals surface area contributed by atoms with Crippen LogP contribution in [0.2, 0.25) is 0 Å². The number of nitro benzene ring substituents is 1. The van der Waals surface area contributed by atoms with Gasteiger partial charge in [-0.2, -0.15) is 4.31 Å². The second-order valence-corrected chi connectivity index (χ2v) is 7.82. The molecule has 1 fully saturated rings. The Labute approximate surface area is 139 Å². The largest absolute Gasteiger partial charge is 0.378 e. The van der Waals surface area contributed by atoms with Crippen LogP contribution in [0.4, 0.5) is 15.8 Å². The molecule has 1 saturated heterocycles. The molecule has 0 radical (unpaired) electrons. The summed E-state index contributed by atoms with van der Waals surface area (Å²) in [6.45, 7) is 4.15. The van der Waals surface area contributed by atoms with Crippen molar-refractivity contribution in [3.8, 4) is 0 Å². The Morgan fingerprint density at radius 2 is 2.00 bits per heavy atom. The molecule has 0 aromatic heterocycles. The molecule has 0 amide bonds. The van der Waals surface area contributed by atoms with E-state index >= 15 is 0 Å². The van der Waals surface area contributed by atoms with E-state index in [0.717, 1.165) is 12.1 Å². The van der Waals surface area contributed by atoms with E-state index in [2.05, 4.69) is 5.32 Å². The Morgan fingerprint density at radius 1 is 1.38 bits per heavy atom. The van der Waals surface area contributed by atoms with Gasteiger partial charge in [-0.3, -0.25) is 10.1 Å². The molecule has 0 bridgehead atoms. The lowest BCUT2D eigenvalue weighted by Gasteiger charge is -2.34. The van der Waals surface area contributed by atoms with Gasteiger partial charge < -0.3 is 10.1 Å². The van der Waals surface area contributed by atoms with Crippen molar-refractivity contribution in [2.24, 2.45) is 0 Å². The van der Waals surface area contributed by atoms with Crippen molar-refractivity contribution in [2.75, 3.05) is 30.7 Å². The Hall–Kier alpha value is -1.78. The molecule has 0 saturated carbocycles. The number of morpholine rings is 1. The molecule has 2 rings (SSSR count).